The minimum atomic E-state index is -0.390. The molecule has 2 heterocycles. The van der Waals surface area contributed by atoms with Gasteiger partial charge in [-0.3, -0.25) is 14.6 Å². The molecule has 0 bridgehead atoms. The summed E-state index contributed by atoms with van der Waals surface area (Å²) in [6.45, 7) is 6.70. The maximum absolute atomic E-state index is 13.2. The van der Waals surface area contributed by atoms with Crippen molar-refractivity contribution in [3.05, 3.63) is 66.0 Å². The Kier molecular flexibility index (Phi) is 7.02. The van der Waals surface area contributed by atoms with Crippen LogP contribution in [0.1, 0.15) is 50.9 Å². The zero-order valence-electron chi connectivity index (χ0n) is 17.5. The summed E-state index contributed by atoms with van der Waals surface area (Å²) in [5, 5.41) is 3.20. The first kappa shape index (κ1) is 21.0. The second kappa shape index (κ2) is 9.68. The van der Waals surface area contributed by atoms with Gasteiger partial charge in [0.2, 0.25) is 11.8 Å². The third-order valence-corrected chi connectivity index (χ3v) is 5.89. The summed E-state index contributed by atoms with van der Waals surface area (Å²) in [7, 11) is 0. The Morgan fingerprint density at radius 3 is 2.48 bits per heavy atom. The van der Waals surface area contributed by atoms with E-state index < -0.39 is 6.04 Å². The van der Waals surface area contributed by atoms with Crippen LogP contribution in [0.3, 0.4) is 0 Å². The van der Waals surface area contributed by atoms with Crippen molar-refractivity contribution in [2.75, 3.05) is 6.54 Å². The van der Waals surface area contributed by atoms with Crippen LogP contribution in [0.25, 0.3) is 0 Å². The van der Waals surface area contributed by atoms with Gasteiger partial charge in [0.1, 0.15) is 6.04 Å². The van der Waals surface area contributed by atoms with Gasteiger partial charge in [0.05, 0.1) is 6.04 Å². The highest BCUT2D eigenvalue weighted by atomic mass is 16.2. The van der Waals surface area contributed by atoms with E-state index >= 15 is 0 Å². The number of carbonyl (C=O) groups excluding carboxylic acids is 2. The topological polar surface area (TPSA) is 62.3 Å². The van der Waals surface area contributed by atoms with Gasteiger partial charge < -0.3 is 10.2 Å². The van der Waals surface area contributed by atoms with Gasteiger partial charge in [-0.2, -0.15) is 0 Å². The molecule has 5 nitrogen and oxygen atoms in total. The number of benzene rings is 1. The first-order chi connectivity index (χ1) is 14.0. The predicted octanol–water partition coefficient (Wildman–Crippen LogP) is 3.76. The molecule has 1 fully saturated rings. The quantitative estimate of drug-likeness (QED) is 0.779. The molecular formula is C24H31N3O2. The first-order valence-corrected chi connectivity index (χ1v) is 10.5. The van der Waals surface area contributed by atoms with Gasteiger partial charge >= 0.3 is 0 Å². The summed E-state index contributed by atoms with van der Waals surface area (Å²) < 4.78 is 0. The Morgan fingerprint density at radius 2 is 1.83 bits per heavy atom. The third kappa shape index (κ3) is 5.22. The van der Waals surface area contributed by atoms with Crippen LogP contribution in [0.2, 0.25) is 0 Å². The zero-order valence-corrected chi connectivity index (χ0v) is 17.5. The van der Waals surface area contributed by atoms with Crippen molar-refractivity contribution < 1.29 is 9.59 Å². The van der Waals surface area contributed by atoms with Crippen LogP contribution in [0, 0.1) is 11.8 Å². The number of nitrogens with zero attached hydrogens (tertiary/aromatic N) is 2. The minimum absolute atomic E-state index is 0.0726. The van der Waals surface area contributed by atoms with Crippen LogP contribution < -0.4 is 5.32 Å². The summed E-state index contributed by atoms with van der Waals surface area (Å²) in [4.78, 5) is 32.3. The molecule has 3 atom stereocenters. The van der Waals surface area contributed by atoms with E-state index in [2.05, 4.69) is 10.3 Å². The average Bonchev–Trinajstić information content (AvgIpc) is 3.23. The van der Waals surface area contributed by atoms with Crippen LogP contribution in [-0.2, 0) is 16.0 Å². The maximum atomic E-state index is 13.2. The van der Waals surface area contributed by atoms with E-state index in [4.69, 9.17) is 0 Å². The molecule has 1 saturated heterocycles. The summed E-state index contributed by atoms with van der Waals surface area (Å²) in [6, 6.07) is 15.2. The van der Waals surface area contributed by atoms with Gasteiger partial charge in [0, 0.05) is 30.8 Å². The molecule has 1 aliphatic heterocycles. The van der Waals surface area contributed by atoms with E-state index in [1.165, 1.54) is 0 Å². The molecule has 29 heavy (non-hydrogen) atoms. The van der Waals surface area contributed by atoms with Crippen LogP contribution >= 0.6 is 0 Å². The molecule has 0 saturated carbocycles. The van der Waals surface area contributed by atoms with Gasteiger partial charge in [-0.05, 0) is 36.5 Å². The Balaban J connectivity index is 1.76. The molecule has 0 radical (unpaired) electrons. The molecule has 5 heteroatoms. The lowest BCUT2D eigenvalue weighted by atomic mass is 9.96. The molecule has 154 valence electrons. The Morgan fingerprint density at radius 1 is 1.10 bits per heavy atom. The Labute approximate surface area is 173 Å². The molecule has 1 unspecified atom stereocenters. The number of rotatable bonds is 7. The van der Waals surface area contributed by atoms with Crippen molar-refractivity contribution in [3.63, 3.8) is 0 Å². The summed E-state index contributed by atoms with van der Waals surface area (Å²) in [5.74, 6) is 0.185. The van der Waals surface area contributed by atoms with Crippen LogP contribution in [0.15, 0.2) is 54.7 Å². The van der Waals surface area contributed by atoms with E-state index in [1.807, 2.05) is 69.3 Å². The van der Waals surface area contributed by atoms with Gasteiger partial charge in [-0.25, -0.2) is 0 Å². The highest BCUT2D eigenvalue weighted by molar-refractivity contribution is 5.89. The predicted molar refractivity (Wildman–Crippen MR) is 114 cm³/mol. The Hall–Kier alpha value is -2.69. The highest BCUT2D eigenvalue weighted by Gasteiger charge is 2.37. The van der Waals surface area contributed by atoms with E-state index in [9.17, 15) is 9.59 Å². The van der Waals surface area contributed by atoms with Crippen LogP contribution in [-0.4, -0.2) is 34.3 Å². The second-order valence-corrected chi connectivity index (χ2v) is 8.22. The van der Waals surface area contributed by atoms with Crippen molar-refractivity contribution in [2.24, 2.45) is 11.8 Å². The zero-order chi connectivity index (χ0) is 20.8. The molecule has 0 aliphatic carbocycles. The molecule has 2 aromatic rings. The number of aromatic nitrogens is 1. The van der Waals surface area contributed by atoms with Crippen LogP contribution in [0.5, 0.6) is 0 Å². The molecule has 0 spiro atoms. The summed E-state index contributed by atoms with van der Waals surface area (Å²) in [6.07, 6.45) is 3.96. The van der Waals surface area contributed by atoms with E-state index in [0.717, 1.165) is 17.7 Å². The molecule has 3 rings (SSSR count). The lowest BCUT2D eigenvalue weighted by Gasteiger charge is -2.29. The standard InChI is InChI=1S/C24H31N3O2/c1-17(2)18(3)24(29)27-15-9-13-22(27)23(28)26-21(19-10-5-4-6-11-19)16-20-12-7-8-14-25-20/h4-8,10-12,14,17-18,21-22H,9,13,15-16H2,1-3H3,(H,26,28)/t18?,21-,22-/m0/s1. The number of likely N-dealkylation sites (tertiary alicyclic amines) is 1. The fourth-order valence-corrected chi connectivity index (χ4v) is 3.78. The van der Waals surface area contributed by atoms with Crippen molar-refractivity contribution >= 4 is 11.8 Å². The van der Waals surface area contributed by atoms with Crippen LogP contribution in [0.4, 0.5) is 0 Å². The smallest absolute Gasteiger partial charge is 0.243 e. The summed E-state index contributed by atoms with van der Waals surface area (Å²) >= 11 is 0. The van der Waals surface area contributed by atoms with Crippen molar-refractivity contribution in [3.8, 4) is 0 Å². The molecule has 1 N–H and O–H groups in total. The maximum Gasteiger partial charge on any atom is 0.243 e. The SMILES string of the molecule is CC(C)C(C)C(=O)N1CCC[C@H]1C(=O)N[C@@H](Cc1ccccn1)c1ccccc1. The van der Waals surface area contributed by atoms with E-state index in [0.29, 0.717) is 19.4 Å². The summed E-state index contributed by atoms with van der Waals surface area (Å²) in [5.41, 5.74) is 1.97. The number of amides is 2. The normalized spacial score (nSPS) is 18.5. The highest BCUT2D eigenvalue weighted by Crippen LogP contribution is 2.25. The molecule has 1 aliphatic rings. The van der Waals surface area contributed by atoms with Crippen molar-refractivity contribution in [1.29, 1.82) is 0 Å². The second-order valence-electron chi connectivity index (χ2n) is 8.22. The molecular weight excluding hydrogens is 362 g/mol. The van der Waals surface area contributed by atoms with Gasteiger partial charge in [-0.1, -0.05) is 57.2 Å². The lowest BCUT2D eigenvalue weighted by molar-refractivity contribution is -0.142. The number of carbonyl (C=O) groups is 2. The monoisotopic (exact) mass is 393 g/mol. The lowest BCUT2D eigenvalue weighted by Crippen LogP contribution is -2.49. The van der Waals surface area contributed by atoms with Gasteiger partial charge in [0.15, 0.2) is 0 Å². The van der Waals surface area contributed by atoms with E-state index in [1.54, 1.807) is 11.1 Å². The average molecular weight is 394 g/mol. The molecule has 1 aromatic heterocycles. The number of hydrogen-bond acceptors (Lipinski definition) is 3. The molecule has 1 aromatic carbocycles. The van der Waals surface area contributed by atoms with E-state index in [-0.39, 0.29) is 29.7 Å². The fourth-order valence-electron chi connectivity index (χ4n) is 3.78. The largest absolute Gasteiger partial charge is 0.347 e. The van der Waals surface area contributed by atoms with Crippen molar-refractivity contribution in [2.45, 2.75) is 52.1 Å². The van der Waals surface area contributed by atoms with Gasteiger partial charge in [-0.15, -0.1) is 0 Å². The Bertz CT molecular complexity index is 807. The molecule has 2 amide bonds. The minimum Gasteiger partial charge on any atom is -0.347 e. The van der Waals surface area contributed by atoms with Crippen molar-refractivity contribution in [1.82, 2.24) is 15.2 Å². The number of hydrogen-bond donors (Lipinski definition) is 1. The third-order valence-electron chi connectivity index (χ3n) is 5.89. The van der Waals surface area contributed by atoms with Gasteiger partial charge in [0.25, 0.3) is 0 Å². The fraction of sp³-hybridized carbons (Fsp3) is 0.458. The number of nitrogens with one attached hydrogen (secondary N) is 1. The number of pyridine rings is 1. The first-order valence-electron chi connectivity index (χ1n) is 10.5.